The summed E-state index contributed by atoms with van der Waals surface area (Å²) in [6.07, 6.45) is 8.67. The van der Waals surface area contributed by atoms with Crippen LogP contribution in [0.5, 0.6) is 0 Å². The summed E-state index contributed by atoms with van der Waals surface area (Å²) >= 11 is 0. The van der Waals surface area contributed by atoms with Gasteiger partial charge in [-0.25, -0.2) is 9.97 Å². The highest BCUT2D eigenvalue weighted by molar-refractivity contribution is 5.82. The first kappa shape index (κ1) is 16.2. The first-order valence-electron chi connectivity index (χ1n) is 9.98. The first-order valence-corrected chi connectivity index (χ1v) is 9.98. The standard InChI is InChI=1S/C20H27N5O/c1-2-14-9-15(24-20(21)23-14)18-17(12-5-6-12)22-10-16(11-3-4-11)25(18)19(26)13-7-8-13/h2,9,11-13,16-18,22H,1,3-8,10H2,(H2,21,23,24). The maximum Gasteiger partial charge on any atom is 0.226 e. The molecule has 6 nitrogen and oxygen atoms in total. The lowest BCUT2D eigenvalue weighted by molar-refractivity contribution is -0.142. The van der Waals surface area contributed by atoms with Crippen molar-refractivity contribution in [3.8, 4) is 0 Å². The van der Waals surface area contributed by atoms with E-state index < -0.39 is 0 Å². The van der Waals surface area contributed by atoms with Crippen molar-refractivity contribution in [3.05, 3.63) is 24.0 Å². The molecule has 0 radical (unpaired) electrons. The highest BCUT2D eigenvalue weighted by atomic mass is 16.2. The van der Waals surface area contributed by atoms with Crippen LogP contribution in [-0.2, 0) is 4.79 Å². The number of hydrogen-bond acceptors (Lipinski definition) is 5. The summed E-state index contributed by atoms with van der Waals surface area (Å²) in [5, 5.41) is 3.78. The summed E-state index contributed by atoms with van der Waals surface area (Å²) in [7, 11) is 0. The van der Waals surface area contributed by atoms with Gasteiger partial charge in [0.1, 0.15) is 0 Å². The number of aromatic nitrogens is 2. The number of piperazine rings is 1. The average Bonchev–Trinajstić information content (AvgIpc) is 3.51. The summed E-state index contributed by atoms with van der Waals surface area (Å²) in [5.41, 5.74) is 7.59. The lowest BCUT2D eigenvalue weighted by Crippen LogP contribution is -2.61. The fourth-order valence-corrected chi connectivity index (χ4v) is 4.53. The van der Waals surface area contributed by atoms with Gasteiger partial charge in [0.25, 0.3) is 0 Å². The predicted octanol–water partition coefficient (Wildman–Crippen LogP) is 2.14. The molecule has 1 amide bonds. The van der Waals surface area contributed by atoms with Gasteiger partial charge in [0, 0.05) is 24.5 Å². The van der Waals surface area contributed by atoms with Gasteiger partial charge in [-0.1, -0.05) is 6.58 Å². The van der Waals surface area contributed by atoms with Gasteiger partial charge in [-0.15, -0.1) is 0 Å². The predicted molar refractivity (Wildman–Crippen MR) is 99.9 cm³/mol. The van der Waals surface area contributed by atoms with E-state index >= 15 is 0 Å². The third-order valence-corrected chi connectivity index (χ3v) is 6.33. The molecule has 0 aromatic carbocycles. The zero-order valence-corrected chi connectivity index (χ0v) is 15.1. The van der Waals surface area contributed by atoms with Gasteiger partial charge in [-0.2, -0.15) is 0 Å². The molecule has 0 bridgehead atoms. The molecule has 4 aliphatic rings. The lowest BCUT2D eigenvalue weighted by Gasteiger charge is -2.47. The van der Waals surface area contributed by atoms with E-state index in [4.69, 9.17) is 5.73 Å². The van der Waals surface area contributed by atoms with Crippen LogP contribution in [-0.4, -0.2) is 39.4 Å². The van der Waals surface area contributed by atoms with Crippen LogP contribution in [0.3, 0.4) is 0 Å². The number of carbonyl (C=O) groups excluding carboxylic acids is 1. The number of amides is 1. The molecule has 1 aromatic rings. The van der Waals surface area contributed by atoms with E-state index in [1.807, 2.05) is 6.07 Å². The number of nitrogens with one attached hydrogen (secondary N) is 1. The first-order chi connectivity index (χ1) is 12.7. The largest absolute Gasteiger partial charge is 0.368 e. The Labute approximate surface area is 154 Å². The highest BCUT2D eigenvalue weighted by Crippen LogP contribution is 2.48. The molecular weight excluding hydrogens is 326 g/mol. The van der Waals surface area contributed by atoms with Crippen molar-refractivity contribution in [2.75, 3.05) is 12.3 Å². The molecule has 6 heteroatoms. The summed E-state index contributed by atoms with van der Waals surface area (Å²) < 4.78 is 0. The molecule has 2 heterocycles. The van der Waals surface area contributed by atoms with Crippen LogP contribution in [0.25, 0.3) is 6.08 Å². The van der Waals surface area contributed by atoms with E-state index in [0.29, 0.717) is 17.7 Å². The number of hydrogen-bond donors (Lipinski definition) is 2. The maximum atomic E-state index is 13.3. The Kier molecular flexibility index (Phi) is 3.78. The Morgan fingerprint density at radius 2 is 1.92 bits per heavy atom. The van der Waals surface area contributed by atoms with Crippen LogP contribution >= 0.6 is 0 Å². The quantitative estimate of drug-likeness (QED) is 0.847. The van der Waals surface area contributed by atoms with Gasteiger partial charge in [-0.05, 0) is 62.5 Å². The Morgan fingerprint density at radius 1 is 1.19 bits per heavy atom. The topological polar surface area (TPSA) is 84.1 Å². The molecule has 3 N–H and O–H groups in total. The smallest absolute Gasteiger partial charge is 0.226 e. The minimum absolute atomic E-state index is 0.0426. The van der Waals surface area contributed by atoms with Crippen LogP contribution in [0.2, 0.25) is 0 Å². The number of nitrogen functional groups attached to an aromatic ring is 1. The SMILES string of the molecule is C=Cc1cc(C2C(C3CC3)NCC(C3CC3)N2C(=O)C2CC2)nc(N)n1. The molecular formula is C20H27N5O. The van der Waals surface area contributed by atoms with Crippen molar-refractivity contribution >= 4 is 17.9 Å². The molecule has 4 fully saturated rings. The van der Waals surface area contributed by atoms with Crippen molar-refractivity contribution in [2.45, 2.75) is 56.7 Å². The highest BCUT2D eigenvalue weighted by Gasteiger charge is 2.52. The van der Waals surface area contributed by atoms with Crippen molar-refractivity contribution in [1.29, 1.82) is 0 Å². The Balaban J connectivity index is 1.58. The van der Waals surface area contributed by atoms with Crippen LogP contribution < -0.4 is 11.1 Å². The molecule has 1 aliphatic heterocycles. The molecule has 1 saturated heterocycles. The Hall–Kier alpha value is -1.95. The molecule has 5 rings (SSSR count). The molecule has 3 aliphatic carbocycles. The van der Waals surface area contributed by atoms with E-state index in [9.17, 15) is 4.79 Å². The van der Waals surface area contributed by atoms with Crippen LogP contribution in [0, 0.1) is 17.8 Å². The molecule has 3 atom stereocenters. The lowest BCUT2D eigenvalue weighted by atomic mass is 9.90. The summed E-state index contributed by atoms with van der Waals surface area (Å²) in [6.45, 7) is 4.74. The van der Waals surface area contributed by atoms with Gasteiger partial charge in [-0.3, -0.25) is 4.79 Å². The van der Waals surface area contributed by atoms with E-state index in [1.54, 1.807) is 6.08 Å². The van der Waals surface area contributed by atoms with Gasteiger partial charge >= 0.3 is 0 Å². The maximum absolute atomic E-state index is 13.3. The molecule has 1 aromatic heterocycles. The summed E-state index contributed by atoms with van der Waals surface area (Å²) in [4.78, 5) is 24.3. The average molecular weight is 353 g/mol. The number of nitrogens with two attached hydrogens (primary N) is 1. The Bertz CT molecular complexity index is 738. The van der Waals surface area contributed by atoms with Gasteiger partial charge in [0.2, 0.25) is 11.9 Å². The summed E-state index contributed by atoms with van der Waals surface area (Å²) in [6, 6.07) is 2.47. The normalized spacial score (nSPS) is 31.7. The number of carbonyl (C=O) groups is 1. The zero-order valence-electron chi connectivity index (χ0n) is 15.1. The van der Waals surface area contributed by atoms with Crippen LogP contribution in [0.15, 0.2) is 12.6 Å². The van der Waals surface area contributed by atoms with Gasteiger partial charge in [0.05, 0.1) is 17.4 Å². The van der Waals surface area contributed by atoms with Crippen molar-refractivity contribution < 1.29 is 4.79 Å². The van der Waals surface area contributed by atoms with Crippen molar-refractivity contribution in [3.63, 3.8) is 0 Å². The number of anilines is 1. The zero-order chi connectivity index (χ0) is 17.8. The van der Waals surface area contributed by atoms with Crippen molar-refractivity contribution in [1.82, 2.24) is 20.2 Å². The molecule has 3 unspecified atom stereocenters. The number of nitrogens with zero attached hydrogens (tertiary/aromatic N) is 3. The fraction of sp³-hybridized carbons (Fsp3) is 0.650. The fourth-order valence-electron chi connectivity index (χ4n) is 4.53. The molecule has 0 spiro atoms. The van der Waals surface area contributed by atoms with Gasteiger partial charge in [0.15, 0.2) is 0 Å². The third kappa shape index (κ3) is 2.90. The van der Waals surface area contributed by atoms with E-state index in [-0.39, 0.29) is 30.0 Å². The summed E-state index contributed by atoms with van der Waals surface area (Å²) in [5.74, 6) is 2.06. The van der Waals surface area contributed by atoms with E-state index in [0.717, 1.165) is 30.8 Å². The van der Waals surface area contributed by atoms with Crippen molar-refractivity contribution in [2.24, 2.45) is 17.8 Å². The molecule has 3 saturated carbocycles. The second kappa shape index (κ2) is 6.05. The second-order valence-corrected chi connectivity index (χ2v) is 8.42. The monoisotopic (exact) mass is 353 g/mol. The Morgan fingerprint density at radius 3 is 2.54 bits per heavy atom. The third-order valence-electron chi connectivity index (χ3n) is 6.33. The second-order valence-electron chi connectivity index (χ2n) is 8.42. The van der Waals surface area contributed by atoms with Gasteiger partial charge < -0.3 is 16.0 Å². The van der Waals surface area contributed by atoms with E-state index in [2.05, 4.69) is 26.8 Å². The minimum atomic E-state index is -0.0426. The van der Waals surface area contributed by atoms with Crippen LogP contribution in [0.4, 0.5) is 5.95 Å². The van der Waals surface area contributed by atoms with Crippen LogP contribution in [0.1, 0.15) is 56.0 Å². The minimum Gasteiger partial charge on any atom is -0.368 e. The van der Waals surface area contributed by atoms with E-state index in [1.165, 1.54) is 25.7 Å². The molecule has 138 valence electrons. The molecule has 26 heavy (non-hydrogen) atoms. The number of rotatable bonds is 5.